The third kappa shape index (κ3) is 2.46. The van der Waals surface area contributed by atoms with Crippen molar-refractivity contribution in [2.75, 3.05) is 0 Å². The van der Waals surface area contributed by atoms with Crippen LogP contribution in [0.4, 0.5) is 0 Å². The van der Waals surface area contributed by atoms with Crippen LogP contribution in [0.3, 0.4) is 0 Å². The van der Waals surface area contributed by atoms with Gasteiger partial charge in [-0.1, -0.05) is 20.8 Å². The molecule has 16 heavy (non-hydrogen) atoms. The first-order chi connectivity index (χ1) is 7.56. The first kappa shape index (κ1) is 11.6. The van der Waals surface area contributed by atoms with Gasteiger partial charge >= 0.3 is 0 Å². The van der Waals surface area contributed by atoms with Crippen LogP contribution >= 0.6 is 0 Å². The van der Waals surface area contributed by atoms with Crippen molar-refractivity contribution < 1.29 is 0 Å². The molecule has 1 heterocycles. The molecule has 1 fully saturated rings. The normalized spacial score (nSPS) is 24.8. The van der Waals surface area contributed by atoms with Crippen LogP contribution < -0.4 is 5.32 Å². The number of aromatic nitrogens is 2. The van der Waals surface area contributed by atoms with E-state index in [1.54, 1.807) is 0 Å². The summed E-state index contributed by atoms with van der Waals surface area (Å²) in [7, 11) is 2.00. The molecule has 0 spiro atoms. The quantitative estimate of drug-likeness (QED) is 0.846. The molecule has 0 saturated heterocycles. The average molecular weight is 221 g/mol. The van der Waals surface area contributed by atoms with E-state index >= 15 is 0 Å². The average Bonchev–Trinajstić information content (AvgIpc) is 2.52. The molecule has 3 heteroatoms. The van der Waals surface area contributed by atoms with Crippen molar-refractivity contribution in [3.05, 3.63) is 17.5 Å². The van der Waals surface area contributed by atoms with Crippen LogP contribution in [0.5, 0.6) is 0 Å². The largest absolute Gasteiger partial charge is 0.310 e. The van der Waals surface area contributed by atoms with E-state index in [0.717, 1.165) is 18.5 Å². The van der Waals surface area contributed by atoms with E-state index in [-0.39, 0.29) is 0 Å². The maximum absolute atomic E-state index is 4.52. The van der Waals surface area contributed by atoms with Gasteiger partial charge < -0.3 is 5.32 Å². The monoisotopic (exact) mass is 221 g/mol. The molecule has 1 aliphatic carbocycles. The van der Waals surface area contributed by atoms with Crippen LogP contribution in [0.15, 0.2) is 6.20 Å². The van der Waals surface area contributed by atoms with Gasteiger partial charge in [-0.05, 0) is 24.7 Å². The Bertz CT molecular complexity index is 348. The summed E-state index contributed by atoms with van der Waals surface area (Å²) in [6.45, 7) is 7.70. The van der Waals surface area contributed by atoms with E-state index < -0.39 is 0 Å². The van der Waals surface area contributed by atoms with Crippen LogP contribution in [0, 0.1) is 5.92 Å². The number of nitrogens with zero attached hydrogens (tertiary/aromatic N) is 2. The fraction of sp³-hybridized carbons (Fsp3) is 0.769. The van der Waals surface area contributed by atoms with Gasteiger partial charge in [0, 0.05) is 31.4 Å². The highest BCUT2D eigenvalue weighted by molar-refractivity contribution is 5.20. The number of hydrogen-bond donors (Lipinski definition) is 1. The summed E-state index contributed by atoms with van der Waals surface area (Å²) in [5.74, 6) is 1.43. The van der Waals surface area contributed by atoms with Gasteiger partial charge in [-0.25, -0.2) is 0 Å². The second kappa shape index (κ2) is 4.58. The highest BCUT2D eigenvalue weighted by Gasteiger charge is 2.25. The second-order valence-corrected chi connectivity index (χ2v) is 5.52. The van der Waals surface area contributed by atoms with Crippen molar-refractivity contribution >= 4 is 0 Å². The summed E-state index contributed by atoms with van der Waals surface area (Å²) >= 11 is 0. The number of aryl methyl sites for hydroxylation is 1. The molecular formula is C13H23N3. The van der Waals surface area contributed by atoms with Gasteiger partial charge in [0.1, 0.15) is 0 Å². The Morgan fingerprint density at radius 1 is 1.50 bits per heavy atom. The fourth-order valence-electron chi connectivity index (χ4n) is 2.50. The molecule has 1 saturated carbocycles. The van der Waals surface area contributed by atoms with E-state index in [9.17, 15) is 0 Å². The second-order valence-electron chi connectivity index (χ2n) is 5.52. The molecule has 0 aromatic carbocycles. The van der Waals surface area contributed by atoms with E-state index in [4.69, 9.17) is 0 Å². The molecular weight excluding hydrogens is 198 g/mol. The van der Waals surface area contributed by atoms with Crippen LogP contribution in [-0.4, -0.2) is 15.8 Å². The molecule has 1 aliphatic rings. The SMILES string of the molecule is CC1CC(NCc2cn(C)nc2C(C)C)C1. The zero-order chi connectivity index (χ0) is 11.7. The molecule has 3 nitrogen and oxygen atoms in total. The minimum Gasteiger partial charge on any atom is -0.310 e. The van der Waals surface area contributed by atoms with E-state index in [0.29, 0.717) is 5.92 Å². The van der Waals surface area contributed by atoms with E-state index in [2.05, 4.69) is 37.4 Å². The molecule has 0 bridgehead atoms. The number of hydrogen-bond acceptors (Lipinski definition) is 2. The van der Waals surface area contributed by atoms with Crippen molar-refractivity contribution in [2.24, 2.45) is 13.0 Å². The first-order valence-corrected chi connectivity index (χ1v) is 6.32. The van der Waals surface area contributed by atoms with Crippen LogP contribution in [-0.2, 0) is 13.6 Å². The van der Waals surface area contributed by atoms with Gasteiger partial charge in [0.15, 0.2) is 0 Å². The summed E-state index contributed by atoms with van der Waals surface area (Å²) in [6, 6.07) is 0.732. The van der Waals surface area contributed by atoms with Crippen molar-refractivity contribution in [2.45, 2.75) is 52.1 Å². The lowest BCUT2D eigenvalue weighted by atomic mass is 9.82. The van der Waals surface area contributed by atoms with Gasteiger partial charge in [-0.3, -0.25) is 4.68 Å². The lowest BCUT2D eigenvalue weighted by Gasteiger charge is -2.33. The lowest BCUT2D eigenvalue weighted by molar-refractivity contribution is 0.240. The maximum atomic E-state index is 4.52. The summed E-state index contributed by atoms with van der Waals surface area (Å²) in [5, 5.41) is 8.14. The molecule has 0 aliphatic heterocycles. The Morgan fingerprint density at radius 3 is 2.75 bits per heavy atom. The van der Waals surface area contributed by atoms with Crippen LogP contribution in [0.2, 0.25) is 0 Å². The van der Waals surface area contributed by atoms with E-state index in [1.807, 2.05) is 11.7 Å². The lowest BCUT2D eigenvalue weighted by Crippen LogP contribution is -2.39. The predicted molar refractivity (Wildman–Crippen MR) is 66.3 cm³/mol. The highest BCUT2D eigenvalue weighted by atomic mass is 15.3. The maximum Gasteiger partial charge on any atom is 0.0694 e. The summed E-state index contributed by atoms with van der Waals surface area (Å²) < 4.78 is 1.93. The summed E-state index contributed by atoms with van der Waals surface area (Å²) in [4.78, 5) is 0. The van der Waals surface area contributed by atoms with Gasteiger partial charge in [0.2, 0.25) is 0 Å². The smallest absolute Gasteiger partial charge is 0.0694 e. The Balaban J connectivity index is 1.93. The van der Waals surface area contributed by atoms with Gasteiger partial charge in [-0.15, -0.1) is 0 Å². The zero-order valence-corrected chi connectivity index (χ0v) is 10.8. The van der Waals surface area contributed by atoms with Crippen LogP contribution in [0.1, 0.15) is 50.8 Å². The zero-order valence-electron chi connectivity index (χ0n) is 10.8. The Labute approximate surface area is 98.2 Å². The molecule has 0 atom stereocenters. The topological polar surface area (TPSA) is 29.9 Å². The molecule has 2 rings (SSSR count). The van der Waals surface area contributed by atoms with Crippen molar-refractivity contribution in [1.82, 2.24) is 15.1 Å². The molecule has 1 N–H and O–H groups in total. The van der Waals surface area contributed by atoms with Crippen LogP contribution in [0.25, 0.3) is 0 Å². The van der Waals surface area contributed by atoms with Gasteiger partial charge in [-0.2, -0.15) is 5.10 Å². The molecule has 0 unspecified atom stereocenters. The van der Waals surface area contributed by atoms with Gasteiger partial charge in [0.25, 0.3) is 0 Å². The minimum absolute atomic E-state index is 0.512. The molecule has 0 radical (unpaired) electrons. The Morgan fingerprint density at radius 2 is 2.19 bits per heavy atom. The number of rotatable bonds is 4. The Hall–Kier alpha value is -0.830. The number of nitrogens with one attached hydrogen (secondary N) is 1. The predicted octanol–water partition coefficient (Wildman–Crippen LogP) is 2.43. The van der Waals surface area contributed by atoms with Crippen molar-refractivity contribution in [1.29, 1.82) is 0 Å². The first-order valence-electron chi connectivity index (χ1n) is 6.32. The highest BCUT2D eigenvalue weighted by Crippen LogP contribution is 2.27. The van der Waals surface area contributed by atoms with Crippen molar-refractivity contribution in [3.8, 4) is 0 Å². The Kier molecular flexibility index (Phi) is 3.33. The fourth-order valence-corrected chi connectivity index (χ4v) is 2.50. The molecule has 0 amide bonds. The van der Waals surface area contributed by atoms with E-state index in [1.165, 1.54) is 24.1 Å². The molecule has 1 aromatic heterocycles. The standard InChI is InChI=1S/C13H23N3/c1-9(2)13-11(8-16(4)15-13)7-14-12-5-10(3)6-12/h8-10,12,14H,5-7H2,1-4H3. The third-order valence-corrected chi connectivity index (χ3v) is 3.44. The minimum atomic E-state index is 0.512. The molecule has 1 aromatic rings. The molecule has 90 valence electrons. The third-order valence-electron chi connectivity index (χ3n) is 3.44. The summed E-state index contributed by atoms with van der Waals surface area (Å²) in [5.41, 5.74) is 2.60. The van der Waals surface area contributed by atoms with Crippen molar-refractivity contribution in [3.63, 3.8) is 0 Å². The van der Waals surface area contributed by atoms with Gasteiger partial charge in [0.05, 0.1) is 5.69 Å². The summed E-state index contributed by atoms with van der Waals surface area (Å²) in [6.07, 6.45) is 4.80.